The molecule has 3 rings (SSSR count). The van der Waals surface area contributed by atoms with Crippen molar-refractivity contribution in [2.45, 2.75) is 45.6 Å². The molecule has 0 radical (unpaired) electrons. The molecule has 1 fully saturated rings. The Morgan fingerprint density at radius 1 is 1.10 bits per heavy atom. The first kappa shape index (κ1) is 22.8. The second kappa shape index (κ2) is 10.9. The van der Waals surface area contributed by atoms with Gasteiger partial charge in [-0.2, -0.15) is 0 Å². The number of anilines is 1. The minimum Gasteiger partial charge on any atom is -0.497 e. The zero-order valence-electron chi connectivity index (χ0n) is 19.0. The lowest BCUT2D eigenvalue weighted by molar-refractivity contribution is 0.207. The van der Waals surface area contributed by atoms with Crippen molar-refractivity contribution in [1.82, 2.24) is 4.90 Å². The van der Waals surface area contributed by atoms with Crippen LogP contribution < -0.4 is 19.5 Å². The van der Waals surface area contributed by atoms with Gasteiger partial charge in [-0.15, -0.1) is 0 Å². The van der Waals surface area contributed by atoms with E-state index in [1.807, 2.05) is 47.4 Å². The van der Waals surface area contributed by atoms with E-state index in [1.54, 1.807) is 14.2 Å². The van der Waals surface area contributed by atoms with E-state index in [0.29, 0.717) is 29.7 Å². The molecule has 0 bridgehead atoms. The van der Waals surface area contributed by atoms with E-state index in [1.165, 1.54) is 0 Å². The molecule has 1 N–H and O–H groups in total. The van der Waals surface area contributed by atoms with Gasteiger partial charge < -0.3 is 24.4 Å². The number of hydrogen-bond acceptors (Lipinski definition) is 4. The summed E-state index contributed by atoms with van der Waals surface area (Å²) < 4.78 is 16.6. The van der Waals surface area contributed by atoms with Crippen LogP contribution in [-0.2, 0) is 0 Å². The highest BCUT2D eigenvalue weighted by Crippen LogP contribution is 2.34. The highest BCUT2D eigenvalue weighted by molar-refractivity contribution is 5.90. The maximum Gasteiger partial charge on any atom is 0.322 e. The van der Waals surface area contributed by atoms with Gasteiger partial charge in [0.1, 0.15) is 5.75 Å². The van der Waals surface area contributed by atoms with Crippen LogP contribution in [0.1, 0.15) is 51.1 Å². The quantitative estimate of drug-likeness (QED) is 0.508. The van der Waals surface area contributed by atoms with Gasteiger partial charge in [-0.25, -0.2) is 4.79 Å². The molecule has 0 saturated carbocycles. The van der Waals surface area contributed by atoms with Crippen LogP contribution in [0.3, 0.4) is 0 Å². The van der Waals surface area contributed by atoms with Gasteiger partial charge >= 0.3 is 6.03 Å². The van der Waals surface area contributed by atoms with E-state index in [0.717, 1.165) is 43.5 Å². The van der Waals surface area contributed by atoms with Crippen molar-refractivity contribution in [2.75, 3.05) is 32.7 Å². The lowest BCUT2D eigenvalue weighted by Gasteiger charge is -2.25. The third-order valence-electron chi connectivity index (χ3n) is 5.61. The number of nitrogens with zero attached hydrogens (tertiary/aromatic N) is 1. The molecule has 1 aliphatic heterocycles. The number of amides is 2. The van der Waals surface area contributed by atoms with Crippen LogP contribution >= 0.6 is 0 Å². The van der Waals surface area contributed by atoms with Crippen molar-refractivity contribution in [3.8, 4) is 17.2 Å². The largest absolute Gasteiger partial charge is 0.497 e. The summed E-state index contributed by atoms with van der Waals surface area (Å²) in [7, 11) is 3.28. The van der Waals surface area contributed by atoms with Crippen LogP contribution in [-0.4, -0.2) is 38.3 Å². The Balaban J connectivity index is 1.66. The first-order valence-corrected chi connectivity index (χ1v) is 11.0. The second-order valence-electron chi connectivity index (χ2n) is 8.30. The third-order valence-corrected chi connectivity index (χ3v) is 5.61. The van der Waals surface area contributed by atoms with E-state index in [9.17, 15) is 4.79 Å². The number of likely N-dealkylation sites (tertiary alicyclic amines) is 1. The number of methoxy groups -OCH3 is 2. The van der Waals surface area contributed by atoms with Crippen LogP contribution in [0.2, 0.25) is 0 Å². The van der Waals surface area contributed by atoms with E-state index in [2.05, 4.69) is 19.2 Å². The minimum atomic E-state index is -0.103. The van der Waals surface area contributed by atoms with Gasteiger partial charge in [0.25, 0.3) is 0 Å². The Morgan fingerprint density at radius 2 is 1.87 bits per heavy atom. The Kier molecular flexibility index (Phi) is 8.04. The molecular formula is C25H34N2O4. The maximum atomic E-state index is 13.0. The van der Waals surface area contributed by atoms with Crippen molar-refractivity contribution in [3.63, 3.8) is 0 Å². The average Bonchev–Trinajstić information content (AvgIpc) is 3.27. The van der Waals surface area contributed by atoms with Crippen molar-refractivity contribution < 1.29 is 19.0 Å². The van der Waals surface area contributed by atoms with Gasteiger partial charge in [-0.05, 0) is 61.4 Å². The molecule has 1 heterocycles. The van der Waals surface area contributed by atoms with Gasteiger partial charge in [0.2, 0.25) is 0 Å². The third kappa shape index (κ3) is 6.06. The summed E-state index contributed by atoms with van der Waals surface area (Å²) in [6.07, 6.45) is 4.03. The Bertz CT molecular complexity index is 851. The van der Waals surface area contributed by atoms with Gasteiger partial charge in [-0.3, -0.25) is 0 Å². The van der Waals surface area contributed by atoms with E-state index < -0.39 is 0 Å². The SMILES string of the molecule is COc1ccc(C2CCCN2C(=O)Nc2ccc(OC)c(OCCCC(C)C)c2)cc1. The summed E-state index contributed by atoms with van der Waals surface area (Å²) in [6, 6.07) is 13.4. The fraction of sp³-hybridized carbons (Fsp3) is 0.480. The van der Waals surface area contributed by atoms with Crippen molar-refractivity contribution in [2.24, 2.45) is 5.92 Å². The molecule has 1 atom stereocenters. The Hall–Kier alpha value is -2.89. The fourth-order valence-corrected chi connectivity index (χ4v) is 3.92. The highest BCUT2D eigenvalue weighted by atomic mass is 16.5. The predicted octanol–water partition coefficient (Wildman–Crippen LogP) is 5.89. The first-order chi connectivity index (χ1) is 15.0. The minimum absolute atomic E-state index is 0.0657. The number of carbonyl (C=O) groups excluding carboxylic acids is 1. The smallest absolute Gasteiger partial charge is 0.322 e. The van der Waals surface area contributed by atoms with Gasteiger partial charge in [0.15, 0.2) is 11.5 Å². The topological polar surface area (TPSA) is 60.0 Å². The number of benzene rings is 2. The molecule has 0 aliphatic carbocycles. The molecule has 2 amide bonds. The maximum absolute atomic E-state index is 13.0. The Labute approximate surface area is 185 Å². The van der Waals surface area contributed by atoms with E-state index in [-0.39, 0.29) is 12.1 Å². The number of hydrogen-bond donors (Lipinski definition) is 1. The monoisotopic (exact) mass is 426 g/mol. The van der Waals surface area contributed by atoms with Crippen molar-refractivity contribution >= 4 is 11.7 Å². The van der Waals surface area contributed by atoms with Gasteiger partial charge in [-0.1, -0.05) is 26.0 Å². The van der Waals surface area contributed by atoms with Gasteiger partial charge in [0.05, 0.1) is 26.9 Å². The summed E-state index contributed by atoms with van der Waals surface area (Å²) in [5.41, 5.74) is 1.82. The molecule has 1 saturated heterocycles. The highest BCUT2D eigenvalue weighted by Gasteiger charge is 2.30. The zero-order valence-corrected chi connectivity index (χ0v) is 19.0. The summed E-state index contributed by atoms with van der Waals surface area (Å²) in [5.74, 6) is 2.78. The van der Waals surface area contributed by atoms with Crippen molar-refractivity contribution in [1.29, 1.82) is 0 Å². The number of rotatable bonds is 9. The van der Waals surface area contributed by atoms with E-state index >= 15 is 0 Å². The molecule has 168 valence electrons. The lowest BCUT2D eigenvalue weighted by Crippen LogP contribution is -2.34. The van der Waals surface area contributed by atoms with Crippen LogP contribution in [0.5, 0.6) is 17.2 Å². The summed E-state index contributed by atoms with van der Waals surface area (Å²) in [4.78, 5) is 14.9. The molecular weight excluding hydrogens is 392 g/mol. The molecule has 2 aromatic rings. The normalized spacial score (nSPS) is 15.8. The van der Waals surface area contributed by atoms with Gasteiger partial charge in [0, 0.05) is 18.3 Å². The average molecular weight is 427 g/mol. The molecule has 1 aliphatic rings. The molecule has 1 unspecified atom stereocenters. The number of urea groups is 1. The number of nitrogens with one attached hydrogen (secondary N) is 1. The molecule has 0 spiro atoms. The summed E-state index contributed by atoms with van der Waals surface area (Å²) >= 11 is 0. The molecule has 6 nitrogen and oxygen atoms in total. The molecule has 0 aromatic heterocycles. The zero-order chi connectivity index (χ0) is 22.2. The summed E-state index contributed by atoms with van der Waals surface area (Å²) in [6.45, 7) is 5.76. The lowest BCUT2D eigenvalue weighted by atomic mass is 10.0. The summed E-state index contributed by atoms with van der Waals surface area (Å²) in [5, 5.41) is 3.03. The molecule has 2 aromatic carbocycles. The number of carbonyl (C=O) groups is 1. The number of ether oxygens (including phenoxy) is 3. The molecule has 6 heteroatoms. The fourth-order valence-electron chi connectivity index (χ4n) is 3.92. The first-order valence-electron chi connectivity index (χ1n) is 11.0. The predicted molar refractivity (Wildman–Crippen MR) is 123 cm³/mol. The van der Waals surface area contributed by atoms with Crippen LogP contribution in [0.25, 0.3) is 0 Å². The van der Waals surface area contributed by atoms with Crippen LogP contribution in [0.15, 0.2) is 42.5 Å². The van der Waals surface area contributed by atoms with Crippen LogP contribution in [0, 0.1) is 5.92 Å². The Morgan fingerprint density at radius 3 is 2.55 bits per heavy atom. The van der Waals surface area contributed by atoms with E-state index in [4.69, 9.17) is 14.2 Å². The van der Waals surface area contributed by atoms with Crippen molar-refractivity contribution in [3.05, 3.63) is 48.0 Å². The van der Waals surface area contributed by atoms with Crippen LogP contribution in [0.4, 0.5) is 10.5 Å². The molecule has 31 heavy (non-hydrogen) atoms. The standard InChI is InChI=1S/C25H34N2O4/c1-18(2)7-6-16-31-24-17-20(11-14-23(24)30-4)26-25(28)27-15-5-8-22(27)19-9-12-21(29-3)13-10-19/h9-14,17-18,22H,5-8,15-16H2,1-4H3,(H,26,28). The second-order valence-corrected chi connectivity index (χ2v) is 8.30.